The maximum atomic E-state index is 13.8. The van der Waals surface area contributed by atoms with Gasteiger partial charge in [0.2, 0.25) is 0 Å². The van der Waals surface area contributed by atoms with Gasteiger partial charge >= 0.3 is 0 Å². The van der Waals surface area contributed by atoms with Gasteiger partial charge in [0.1, 0.15) is 24.7 Å². The largest absolute Gasteiger partial charge is 0.508 e. The summed E-state index contributed by atoms with van der Waals surface area (Å²) in [6.07, 6.45) is 6.57. The minimum absolute atomic E-state index is 0.0361. The molecule has 1 N–H and O–H groups in total. The van der Waals surface area contributed by atoms with Gasteiger partial charge in [0.05, 0.1) is 48.8 Å². The molecule has 2 amide bonds. The Hall–Kier alpha value is -6.62. The zero-order chi connectivity index (χ0) is 37.5. The van der Waals surface area contributed by atoms with Gasteiger partial charge in [0.25, 0.3) is 11.8 Å². The molecule has 54 heavy (non-hydrogen) atoms. The number of allylic oxidation sites excluding steroid dienone is 2. The smallest absolute Gasteiger partial charge is 0.261 e. The summed E-state index contributed by atoms with van der Waals surface area (Å²) in [5.74, 6) is 1.22. The third-order valence-corrected chi connectivity index (χ3v) is 10.0. The second-order valence-corrected chi connectivity index (χ2v) is 13.4. The number of rotatable bonds is 9. The standard InChI is InChI=1S/C43H38N4O7/c1-25-34(42(49)46-31(21-44-25)16-29-9-5-7-11-37(29)46)18-39(51-3)26(2)53-23-27-13-28(15-33(48)14-27)24-54-41-20-36-35(19-40(41)52-4)43(50)47-32(22-45-36)17-30-10-6-8-12-38(30)47/h5-15,18-22,31-32,48H,1,16-17,23-24H2,2-4H3/b34-18+,39-26-/t31-,32-/m0/s1. The highest BCUT2D eigenvalue weighted by Gasteiger charge is 2.38. The van der Waals surface area contributed by atoms with Gasteiger partial charge in [0.15, 0.2) is 17.3 Å². The summed E-state index contributed by atoms with van der Waals surface area (Å²) in [6, 6.07) is 23.8. The van der Waals surface area contributed by atoms with Crippen LogP contribution in [0.1, 0.15) is 39.5 Å². The summed E-state index contributed by atoms with van der Waals surface area (Å²) in [4.78, 5) is 40.3. The van der Waals surface area contributed by atoms with E-state index in [9.17, 15) is 14.7 Å². The highest BCUT2D eigenvalue weighted by molar-refractivity contribution is 6.15. The molecule has 8 rings (SSSR count). The summed E-state index contributed by atoms with van der Waals surface area (Å²) in [6.45, 7) is 5.97. The molecule has 11 nitrogen and oxygen atoms in total. The van der Waals surface area contributed by atoms with Gasteiger partial charge < -0.3 is 24.1 Å². The predicted octanol–water partition coefficient (Wildman–Crippen LogP) is 7.14. The Labute approximate surface area is 312 Å². The highest BCUT2D eigenvalue weighted by atomic mass is 16.5. The molecule has 0 bridgehead atoms. The lowest BCUT2D eigenvalue weighted by Gasteiger charge is -2.22. The maximum Gasteiger partial charge on any atom is 0.261 e. The third kappa shape index (κ3) is 6.27. The van der Waals surface area contributed by atoms with E-state index in [1.807, 2.05) is 60.8 Å². The Morgan fingerprint density at radius 2 is 1.46 bits per heavy atom. The Bertz CT molecular complexity index is 2340. The van der Waals surface area contributed by atoms with E-state index < -0.39 is 0 Å². The van der Waals surface area contributed by atoms with Gasteiger partial charge in [0, 0.05) is 42.7 Å². The molecule has 0 spiro atoms. The van der Waals surface area contributed by atoms with Crippen LogP contribution in [0.5, 0.6) is 17.2 Å². The highest BCUT2D eigenvalue weighted by Crippen LogP contribution is 2.41. The first kappa shape index (κ1) is 34.5. The van der Waals surface area contributed by atoms with Crippen molar-refractivity contribution in [1.82, 2.24) is 0 Å². The lowest BCUT2D eigenvalue weighted by Crippen LogP contribution is -2.38. The predicted molar refractivity (Wildman–Crippen MR) is 206 cm³/mol. The van der Waals surface area contributed by atoms with E-state index in [2.05, 4.69) is 16.6 Å². The Kier molecular flexibility index (Phi) is 8.98. The first-order valence-corrected chi connectivity index (χ1v) is 17.6. The van der Waals surface area contributed by atoms with Gasteiger partial charge in [-0.1, -0.05) is 43.0 Å². The fourth-order valence-electron chi connectivity index (χ4n) is 7.39. The number of methoxy groups -OCH3 is 2. The number of amides is 2. The van der Waals surface area contributed by atoms with Crippen LogP contribution in [-0.2, 0) is 40.3 Å². The van der Waals surface area contributed by atoms with Gasteiger partial charge in [-0.25, -0.2) is 0 Å². The van der Waals surface area contributed by atoms with Crippen LogP contribution in [0.15, 0.2) is 124 Å². The fourth-order valence-corrected chi connectivity index (χ4v) is 7.39. The third-order valence-electron chi connectivity index (χ3n) is 10.0. The number of phenolic OH excluding ortho intramolecular Hbond substituents is 1. The maximum absolute atomic E-state index is 13.8. The van der Waals surface area contributed by atoms with Crippen LogP contribution in [0.25, 0.3) is 0 Å². The van der Waals surface area contributed by atoms with Gasteiger partial charge in [-0.3, -0.25) is 29.4 Å². The number of phenols is 1. The van der Waals surface area contributed by atoms with Gasteiger partial charge in [-0.05, 0) is 71.7 Å². The summed E-state index contributed by atoms with van der Waals surface area (Å²) < 4.78 is 23.6. The second-order valence-electron chi connectivity index (χ2n) is 13.4. The fraction of sp³-hybridized carbons (Fsp3) is 0.209. The number of carbonyl (C=O) groups is 2. The average Bonchev–Trinajstić information content (AvgIpc) is 3.68. The molecule has 2 atom stereocenters. The SMILES string of the molecule is C=C1N=C[C@@H]2Cc3ccccc3N2C(=O)/C1=C/C(OC)=C(\C)OCc1cc(O)cc(COc2cc3c(cc2OC)C(=O)N2c4ccccc4C[C@H]2C=N3)c1. The van der Waals surface area contributed by atoms with Crippen molar-refractivity contribution in [1.29, 1.82) is 0 Å². The van der Waals surface area contributed by atoms with Crippen LogP contribution < -0.4 is 19.3 Å². The lowest BCUT2D eigenvalue weighted by molar-refractivity contribution is -0.115. The molecular formula is C43H38N4O7. The first-order valence-electron chi connectivity index (χ1n) is 17.6. The van der Waals surface area contributed by atoms with Crippen molar-refractivity contribution in [3.8, 4) is 17.2 Å². The molecule has 4 aromatic rings. The monoisotopic (exact) mass is 722 g/mol. The normalized spacial score (nSPS) is 19.3. The number of nitrogens with zero attached hydrogens (tertiary/aromatic N) is 4. The Balaban J connectivity index is 0.978. The molecule has 0 aromatic heterocycles. The number of carbonyl (C=O) groups excluding carboxylic acids is 2. The molecular weight excluding hydrogens is 684 g/mol. The van der Waals surface area contributed by atoms with Crippen molar-refractivity contribution in [3.63, 3.8) is 0 Å². The van der Waals surface area contributed by atoms with Crippen LogP contribution in [0.2, 0.25) is 0 Å². The quantitative estimate of drug-likeness (QED) is 0.144. The van der Waals surface area contributed by atoms with Crippen molar-refractivity contribution >= 4 is 41.3 Å². The molecule has 0 unspecified atom stereocenters. The summed E-state index contributed by atoms with van der Waals surface area (Å²) in [7, 11) is 3.03. The molecule has 0 radical (unpaired) electrons. The first-order chi connectivity index (χ1) is 26.2. The van der Waals surface area contributed by atoms with Gasteiger partial charge in [-0.15, -0.1) is 0 Å². The van der Waals surface area contributed by atoms with Gasteiger partial charge in [-0.2, -0.15) is 0 Å². The molecule has 272 valence electrons. The number of fused-ring (bicyclic) bond motifs is 7. The molecule has 4 heterocycles. The molecule has 0 aliphatic carbocycles. The van der Waals surface area contributed by atoms with Crippen LogP contribution in [0, 0.1) is 0 Å². The zero-order valence-corrected chi connectivity index (χ0v) is 30.1. The number of aromatic hydroxyl groups is 1. The van der Waals surface area contributed by atoms with Crippen molar-refractivity contribution in [2.24, 2.45) is 9.98 Å². The number of anilines is 2. The topological polar surface area (TPSA) is 122 Å². The zero-order valence-electron chi connectivity index (χ0n) is 30.1. The minimum atomic E-state index is -0.219. The number of aliphatic imine (C=N–C) groups is 2. The van der Waals surface area contributed by atoms with Crippen LogP contribution in [0.3, 0.4) is 0 Å². The Morgan fingerprint density at radius 3 is 2.13 bits per heavy atom. The van der Waals surface area contributed by atoms with Crippen molar-refractivity contribution in [2.45, 2.75) is 45.1 Å². The van der Waals surface area contributed by atoms with E-state index in [0.717, 1.165) is 22.5 Å². The minimum Gasteiger partial charge on any atom is -0.508 e. The van der Waals surface area contributed by atoms with E-state index >= 15 is 0 Å². The van der Waals surface area contributed by atoms with E-state index in [4.69, 9.17) is 18.9 Å². The molecule has 11 heteroatoms. The molecule has 0 saturated carbocycles. The summed E-state index contributed by atoms with van der Waals surface area (Å²) in [5, 5.41) is 10.6. The van der Waals surface area contributed by atoms with Crippen LogP contribution >= 0.6 is 0 Å². The van der Waals surface area contributed by atoms with E-state index in [0.29, 0.717) is 69.5 Å². The number of para-hydroxylation sites is 2. The van der Waals surface area contributed by atoms with Crippen LogP contribution in [-0.4, -0.2) is 55.7 Å². The molecule has 4 aliphatic rings. The summed E-state index contributed by atoms with van der Waals surface area (Å²) >= 11 is 0. The molecule has 4 aliphatic heterocycles. The van der Waals surface area contributed by atoms with Crippen molar-refractivity contribution < 1.29 is 33.6 Å². The lowest BCUT2D eigenvalue weighted by atomic mass is 10.1. The molecule has 4 aromatic carbocycles. The number of benzene rings is 4. The molecule has 0 saturated heterocycles. The summed E-state index contributed by atoms with van der Waals surface area (Å²) in [5.41, 5.74) is 6.84. The van der Waals surface area contributed by atoms with E-state index in [-0.39, 0.29) is 42.9 Å². The Morgan fingerprint density at radius 1 is 0.833 bits per heavy atom. The number of hydrogen-bond acceptors (Lipinski definition) is 9. The second kappa shape index (κ2) is 14.1. The van der Waals surface area contributed by atoms with E-state index in [1.165, 1.54) is 14.2 Å². The average molecular weight is 723 g/mol. The van der Waals surface area contributed by atoms with Crippen molar-refractivity contribution in [3.05, 3.63) is 142 Å². The van der Waals surface area contributed by atoms with Crippen molar-refractivity contribution in [2.75, 3.05) is 24.0 Å². The number of hydrogen-bond donors (Lipinski definition) is 1. The van der Waals surface area contributed by atoms with E-state index in [1.54, 1.807) is 53.3 Å². The molecule has 0 fully saturated rings. The van der Waals surface area contributed by atoms with Crippen LogP contribution in [0.4, 0.5) is 17.1 Å². The number of ether oxygens (including phenoxy) is 4.